The summed E-state index contributed by atoms with van der Waals surface area (Å²) in [7, 11) is 3.15. The molecule has 0 aliphatic carbocycles. The topological polar surface area (TPSA) is 74.4 Å². The monoisotopic (exact) mass is 352 g/mol. The van der Waals surface area contributed by atoms with Gasteiger partial charge in [0.25, 0.3) is 0 Å². The molecule has 1 heterocycles. The van der Waals surface area contributed by atoms with E-state index >= 15 is 0 Å². The zero-order valence-corrected chi connectivity index (χ0v) is 15.2. The van der Waals surface area contributed by atoms with Gasteiger partial charge in [0.1, 0.15) is 11.5 Å². The number of rotatable bonds is 7. The van der Waals surface area contributed by atoms with E-state index in [0.29, 0.717) is 11.5 Å². The fourth-order valence-corrected chi connectivity index (χ4v) is 3.48. The van der Waals surface area contributed by atoms with Crippen LogP contribution in [0.4, 0.5) is 0 Å². The molecule has 0 radical (unpaired) electrons. The predicted octanol–water partition coefficient (Wildman–Crippen LogP) is 3.02. The molecule has 5 nitrogen and oxygen atoms in total. The van der Waals surface area contributed by atoms with E-state index in [-0.39, 0.29) is 12.3 Å². The molecule has 1 N–H and O–H groups in total. The lowest BCUT2D eigenvalue weighted by Gasteiger charge is -2.21. The number of methoxy groups -OCH3 is 2. The molecule has 0 saturated carbocycles. The number of carbonyl (C=O) groups excluding carboxylic acids is 1. The molecule has 2 aromatic carbocycles. The van der Waals surface area contributed by atoms with Crippen LogP contribution in [0, 0.1) is 0 Å². The second-order valence-corrected chi connectivity index (χ2v) is 6.17. The molecular weight excluding hydrogens is 330 g/mol. The Morgan fingerprint density at radius 2 is 1.96 bits per heavy atom. The molecule has 26 heavy (non-hydrogen) atoms. The number of aromatic amines is 1. The van der Waals surface area contributed by atoms with Crippen molar-refractivity contribution < 1.29 is 19.4 Å². The summed E-state index contributed by atoms with van der Waals surface area (Å²) < 4.78 is 10.8. The molecular formula is C21H22NO4-. The van der Waals surface area contributed by atoms with Gasteiger partial charge >= 0.3 is 0 Å². The van der Waals surface area contributed by atoms with Crippen LogP contribution in [-0.2, 0) is 11.2 Å². The summed E-state index contributed by atoms with van der Waals surface area (Å²) >= 11 is 0. The van der Waals surface area contributed by atoms with Crippen molar-refractivity contribution in [3.63, 3.8) is 0 Å². The normalized spacial score (nSPS) is 12.1. The lowest BCUT2D eigenvalue weighted by molar-refractivity contribution is -0.305. The van der Waals surface area contributed by atoms with Gasteiger partial charge in [0.15, 0.2) is 0 Å². The first kappa shape index (κ1) is 17.9. The molecule has 0 saturated heterocycles. The summed E-state index contributed by atoms with van der Waals surface area (Å²) in [6.07, 6.45) is 2.65. The Balaban J connectivity index is 2.18. The van der Waals surface area contributed by atoms with E-state index in [2.05, 4.69) is 18.0 Å². The van der Waals surface area contributed by atoms with Gasteiger partial charge in [-0.3, -0.25) is 0 Å². The molecule has 0 fully saturated rings. The SMILES string of the molecule is CCc1cccc2c([C@H](CC(=O)[O-])c3ccc(OC)cc3OC)c[nH]c12. The second-order valence-electron chi connectivity index (χ2n) is 6.17. The zero-order chi connectivity index (χ0) is 18.7. The van der Waals surface area contributed by atoms with Gasteiger partial charge in [0.2, 0.25) is 0 Å². The Morgan fingerprint density at radius 1 is 1.15 bits per heavy atom. The molecule has 0 amide bonds. The van der Waals surface area contributed by atoms with Crippen molar-refractivity contribution in [1.29, 1.82) is 0 Å². The van der Waals surface area contributed by atoms with Crippen LogP contribution in [0.1, 0.15) is 36.0 Å². The van der Waals surface area contributed by atoms with Crippen LogP contribution < -0.4 is 14.6 Å². The van der Waals surface area contributed by atoms with Crippen LogP contribution in [0.15, 0.2) is 42.6 Å². The summed E-state index contributed by atoms with van der Waals surface area (Å²) in [6, 6.07) is 11.5. The summed E-state index contributed by atoms with van der Waals surface area (Å²) in [5.41, 5.74) is 3.95. The fourth-order valence-electron chi connectivity index (χ4n) is 3.48. The van der Waals surface area contributed by atoms with Crippen molar-refractivity contribution in [1.82, 2.24) is 4.98 Å². The van der Waals surface area contributed by atoms with Crippen molar-refractivity contribution in [2.45, 2.75) is 25.7 Å². The quantitative estimate of drug-likeness (QED) is 0.709. The zero-order valence-electron chi connectivity index (χ0n) is 15.2. The minimum Gasteiger partial charge on any atom is -0.550 e. The average Bonchev–Trinajstić information content (AvgIpc) is 3.09. The number of nitrogens with one attached hydrogen (secondary N) is 1. The highest BCUT2D eigenvalue weighted by Crippen LogP contribution is 2.39. The number of carboxylic acids is 1. The number of aliphatic carboxylic acids is 1. The summed E-state index contributed by atoms with van der Waals surface area (Å²) in [5.74, 6) is -0.239. The number of ether oxygens (including phenoxy) is 2. The molecule has 3 aromatic rings. The highest BCUT2D eigenvalue weighted by Gasteiger charge is 2.22. The molecule has 0 bridgehead atoms. The maximum atomic E-state index is 11.5. The maximum absolute atomic E-state index is 11.5. The van der Waals surface area contributed by atoms with Crippen molar-refractivity contribution in [2.75, 3.05) is 14.2 Å². The summed E-state index contributed by atoms with van der Waals surface area (Å²) in [5, 5.41) is 12.5. The van der Waals surface area contributed by atoms with E-state index in [1.165, 1.54) is 5.56 Å². The van der Waals surface area contributed by atoms with Crippen molar-refractivity contribution in [3.8, 4) is 11.5 Å². The highest BCUT2D eigenvalue weighted by molar-refractivity contribution is 5.87. The van der Waals surface area contributed by atoms with Gasteiger partial charge < -0.3 is 24.4 Å². The average molecular weight is 352 g/mol. The minimum atomic E-state index is -1.10. The lowest BCUT2D eigenvalue weighted by Crippen LogP contribution is -2.25. The first-order chi connectivity index (χ1) is 12.6. The van der Waals surface area contributed by atoms with Crippen molar-refractivity contribution in [3.05, 3.63) is 59.3 Å². The number of hydrogen-bond acceptors (Lipinski definition) is 4. The van der Waals surface area contributed by atoms with E-state index in [4.69, 9.17) is 9.47 Å². The lowest BCUT2D eigenvalue weighted by atomic mass is 9.87. The van der Waals surface area contributed by atoms with Crippen molar-refractivity contribution >= 4 is 16.9 Å². The molecule has 0 spiro atoms. The van der Waals surface area contributed by atoms with E-state index in [1.54, 1.807) is 20.3 Å². The van der Waals surface area contributed by atoms with Gasteiger partial charge in [0.05, 0.1) is 14.2 Å². The van der Waals surface area contributed by atoms with Gasteiger partial charge in [-0.25, -0.2) is 0 Å². The minimum absolute atomic E-state index is 0.133. The largest absolute Gasteiger partial charge is 0.550 e. The smallest absolute Gasteiger partial charge is 0.126 e. The number of hydrogen-bond donors (Lipinski definition) is 1. The Hall–Kier alpha value is -2.95. The Labute approximate surface area is 152 Å². The van der Waals surface area contributed by atoms with Gasteiger partial charge in [-0.15, -0.1) is 0 Å². The molecule has 0 aliphatic rings. The standard InChI is InChI=1S/C21H23NO4/c1-4-13-6-5-7-16-18(12-22-21(13)16)17(11-20(23)24)15-9-8-14(25-2)10-19(15)26-3/h5-10,12,17,22H,4,11H2,1-3H3,(H,23,24)/p-1/t17-/m1/s1. The first-order valence-corrected chi connectivity index (χ1v) is 8.59. The molecule has 5 heteroatoms. The Bertz CT molecular complexity index is 929. The number of benzene rings is 2. The number of para-hydroxylation sites is 1. The summed E-state index contributed by atoms with van der Waals surface area (Å²) in [4.78, 5) is 14.8. The number of carboxylic acid groups (broad SMARTS) is 1. The number of carbonyl (C=O) groups is 1. The molecule has 3 rings (SSSR count). The number of fused-ring (bicyclic) bond motifs is 1. The molecule has 1 atom stereocenters. The first-order valence-electron chi connectivity index (χ1n) is 8.59. The fraction of sp³-hybridized carbons (Fsp3) is 0.286. The number of H-pyrrole nitrogens is 1. The second kappa shape index (κ2) is 7.52. The van der Waals surface area contributed by atoms with E-state index < -0.39 is 5.97 Å². The van der Waals surface area contributed by atoms with E-state index in [9.17, 15) is 9.90 Å². The van der Waals surface area contributed by atoms with Crippen LogP contribution in [0.25, 0.3) is 10.9 Å². The molecule has 0 aliphatic heterocycles. The molecule has 0 unspecified atom stereocenters. The number of aryl methyl sites for hydroxylation is 1. The van der Waals surface area contributed by atoms with Crippen LogP contribution in [0.2, 0.25) is 0 Å². The Kier molecular flexibility index (Phi) is 5.16. The predicted molar refractivity (Wildman–Crippen MR) is 98.7 cm³/mol. The van der Waals surface area contributed by atoms with Gasteiger partial charge in [-0.1, -0.05) is 31.2 Å². The van der Waals surface area contributed by atoms with Gasteiger partial charge in [0, 0.05) is 40.6 Å². The van der Waals surface area contributed by atoms with Crippen LogP contribution in [0.5, 0.6) is 11.5 Å². The van der Waals surface area contributed by atoms with Gasteiger partial charge in [-0.2, -0.15) is 0 Å². The third-order valence-electron chi connectivity index (χ3n) is 4.78. The maximum Gasteiger partial charge on any atom is 0.126 e. The number of aromatic nitrogens is 1. The van der Waals surface area contributed by atoms with E-state index in [0.717, 1.165) is 28.5 Å². The third-order valence-corrected chi connectivity index (χ3v) is 4.78. The summed E-state index contributed by atoms with van der Waals surface area (Å²) in [6.45, 7) is 2.10. The Morgan fingerprint density at radius 3 is 2.62 bits per heavy atom. The van der Waals surface area contributed by atoms with Gasteiger partial charge in [-0.05, 0) is 30.0 Å². The van der Waals surface area contributed by atoms with E-state index in [1.807, 2.05) is 30.5 Å². The third kappa shape index (κ3) is 3.25. The highest BCUT2D eigenvalue weighted by atomic mass is 16.5. The van der Waals surface area contributed by atoms with Crippen LogP contribution in [-0.4, -0.2) is 25.2 Å². The van der Waals surface area contributed by atoms with Crippen molar-refractivity contribution in [2.24, 2.45) is 0 Å². The molecule has 1 aromatic heterocycles. The molecule has 136 valence electrons. The van der Waals surface area contributed by atoms with Crippen LogP contribution >= 0.6 is 0 Å². The van der Waals surface area contributed by atoms with Crippen LogP contribution in [0.3, 0.4) is 0 Å².